The lowest BCUT2D eigenvalue weighted by Crippen LogP contribution is -2.39. The van der Waals surface area contributed by atoms with Crippen molar-refractivity contribution in [3.8, 4) is 0 Å². The summed E-state index contributed by atoms with van der Waals surface area (Å²) >= 11 is 5.76. The van der Waals surface area contributed by atoms with Crippen LogP contribution in [0.1, 0.15) is 19.3 Å². The summed E-state index contributed by atoms with van der Waals surface area (Å²) in [4.78, 5) is 11.0. The minimum atomic E-state index is -4.01. The summed E-state index contributed by atoms with van der Waals surface area (Å²) in [6, 6.07) is 3.20. The number of sulfonamides is 1. The molecule has 1 unspecified atom stereocenters. The van der Waals surface area contributed by atoms with E-state index in [1.54, 1.807) is 0 Å². The summed E-state index contributed by atoms with van der Waals surface area (Å²) in [5.41, 5.74) is -0.256. The molecule has 8 heteroatoms. The topological polar surface area (TPSA) is 86.3 Å². The number of benzene rings is 1. The first-order valence-corrected chi connectivity index (χ1v) is 8.12. The summed E-state index contributed by atoms with van der Waals surface area (Å²) in [6.45, 7) is 0. The van der Waals surface area contributed by atoms with Crippen LogP contribution in [0.5, 0.6) is 0 Å². The standard InChI is InChI=1S/C13H13ClFNO4S/c14-10-7-8(15)5-6-11(10)16-21(19,20)12-4-2-1-3-9(12)13(17)18/h3,5-7,12,16H,1-2,4H2,(H,17,18)/p-1. The molecule has 0 fully saturated rings. The molecule has 0 saturated carbocycles. The third kappa shape index (κ3) is 3.54. The molecule has 0 amide bonds. The highest BCUT2D eigenvalue weighted by Crippen LogP contribution is 2.29. The minimum absolute atomic E-state index is 0.00124. The molecule has 1 aromatic carbocycles. The highest BCUT2D eigenvalue weighted by Gasteiger charge is 2.31. The molecule has 114 valence electrons. The number of hydrogen-bond donors (Lipinski definition) is 1. The zero-order chi connectivity index (χ0) is 15.6. The molecule has 21 heavy (non-hydrogen) atoms. The monoisotopic (exact) mass is 332 g/mol. The van der Waals surface area contributed by atoms with Crippen LogP contribution in [-0.2, 0) is 14.8 Å². The normalized spacial score (nSPS) is 19.0. The summed E-state index contributed by atoms with van der Waals surface area (Å²) in [5.74, 6) is -2.11. The number of rotatable bonds is 4. The van der Waals surface area contributed by atoms with Crippen LogP contribution in [0.2, 0.25) is 5.02 Å². The Hall–Kier alpha value is -1.60. The predicted octanol–water partition coefficient (Wildman–Crippen LogP) is 1.45. The van der Waals surface area contributed by atoms with Crippen LogP contribution in [0, 0.1) is 5.82 Å². The van der Waals surface area contributed by atoms with Crippen LogP contribution >= 0.6 is 11.6 Å². The average Bonchev–Trinajstić information content (AvgIpc) is 2.42. The Morgan fingerprint density at radius 2 is 2.14 bits per heavy atom. The molecule has 0 heterocycles. The summed E-state index contributed by atoms with van der Waals surface area (Å²) in [7, 11) is -4.01. The van der Waals surface area contributed by atoms with E-state index in [1.165, 1.54) is 12.1 Å². The molecule has 1 atom stereocenters. The van der Waals surface area contributed by atoms with E-state index in [0.717, 1.165) is 12.1 Å². The smallest absolute Gasteiger partial charge is 0.239 e. The van der Waals surface area contributed by atoms with E-state index in [2.05, 4.69) is 4.72 Å². The van der Waals surface area contributed by atoms with Crippen molar-refractivity contribution < 1.29 is 22.7 Å². The van der Waals surface area contributed by atoms with Gasteiger partial charge in [-0.25, -0.2) is 12.8 Å². The van der Waals surface area contributed by atoms with Crippen molar-refractivity contribution in [2.24, 2.45) is 0 Å². The van der Waals surface area contributed by atoms with Gasteiger partial charge in [0.15, 0.2) is 0 Å². The first-order chi connectivity index (χ1) is 9.81. The molecule has 2 rings (SSSR count). The van der Waals surface area contributed by atoms with Gasteiger partial charge in [0.05, 0.1) is 16.7 Å². The van der Waals surface area contributed by atoms with E-state index in [1.807, 2.05) is 0 Å². The number of hydrogen-bond acceptors (Lipinski definition) is 4. The molecular weight excluding hydrogens is 321 g/mol. The third-order valence-electron chi connectivity index (χ3n) is 3.18. The molecule has 1 N–H and O–H groups in total. The predicted molar refractivity (Wildman–Crippen MR) is 74.7 cm³/mol. The molecule has 1 aliphatic carbocycles. The van der Waals surface area contributed by atoms with Gasteiger partial charge in [0.25, 0.3) is 0 Å². The van der Waals surface area contributed by atoms with Gasteiger partial charge in [-0.15, -0.1) is 0 Å². The van der Waals surface area contributed by atoms with E-state index in [0.29, 0.717) is 12.8 Å². The van der Waals surface area contributed by atoms with Crippen molar-refractivity contribution in [2.75, 3.05) is 4.72 Å². The number of carboxylic acids is 1. The number of carboxylic acid groups (broad SMARTS) is 1. The largest absolute Gasteiger partial charge is 0.545 e. The summed E-state index contributed by atoms with van der Waals surface area (Å²) < 4.78 is 39.8. The Morgan fingerprint density at radius 3 is 2.76 bits per heavy atom. The molecule has 5 nitrogen and oxygen atoms in total. The van der Waals surface area contributed by atoms with E-state index in [-0.39, 0.29) is 22.7 Å². The maximum absolute atomic E-state index is 12.9. The van der Waals surface area contributed by atoms with E-state index in [9.17, 15) is 22.7 Å². The van der Waals surface area contributed by atoms with E-state index >= 15 is 0 Å². The molecule has 0 spiro atoms. The van der Waals surface area contributed by atoms with E-state index < -0.39 is 27.1 Å². The van der Waals surface area contributed by atoms with Gasteiger partial charge in [0.2, 0.25) is 10.0 Å². The first kappa shape index (κ1) is 15.8. The Bertz CT molecular complexity index is 702. The molecule has 0 saturated heterocycles. The molecular formula is C13H12ClFNO4S-. The second-order valence-electron chi connectivity index (χ2n) is 4.64. The maximum Gasteiger partial charge on any atom is 0.239 e. The number of carbonyl (C=O) groups is 1. The highest BCUT2D eigenvalue weighted by atomic mass is 35.5. The second-order valence-corrected chi connectivity index (χ2v) is 6.91. The van der Waals surface area contributed by atoms with Crippen molar-refractivity contribution in [3.05, 3.63) is 40.7 Å². The highest BCUT2D eigenvalue weighted by molar-refractivity contribution is 7.93. The number of anilines is 1. The number of aliphatic carboxylic acids is 1. The van der Waals surface area contributed by atoms with Gasteiger partial charge < -0.3 is 9.90 Å². The lowest BCUT2D eigenvalue weighted by atomic mass is 9.99. The number of nitrogens with one attached hydrogen (secondary N) is 1. The molecule has 0 aromatic heterocycles. The van der Waals surface area contributed by atoms with Gasteiger partial charge in [-0.2, -0.15) is 0 Å². The summed E-state index contributed by atoms with van der Waals surface area (Å²) in [5, 5.41) is 9.71. The van der Waals surface area contributed by atoms with Crippen LogP contribution in [-0.4, -0.2) is 19.6 Å². The van der Waals surface area contributed by atoms with Crippen LogP contribution in [0.25, 0.3) is 0 Å². The van der Waals surface area contributed by atoms with Gasteiger partial charge in [0, 0.05) is 0 Å². The van der Waals surface area contributed by atoms with Crippen molar-refractivity contribution in [2.45, 2.75) is 24.5 Å². The zero-order valence-corrected chi connectivity index (χ0v) is 12.4. The van der Waals surface area contributed by atoms with Crippen LogP contribution in [0.4, 0.5) is 10.1 Å². The van der Waals surface area contributed by atoms with Crippen LogP contribution in [0.15, 0.2) is 29.8 Å². The quantitative estimate of drug-likeness (QED) is 0.904. The Labute approximate surface area is 126 Å². The molecule has 1 aliphatic rings. The lowest BCUT2D eigenvalue weighted by Gasteiger charge is -2.25. The number of halogens is 2. The fourth-order valence-electron chi connectivity index (χ4n) is 2.18. The Kier molecular flexibility index (Phi) is 4.53. The fourth-order valence-corrected chi connectivity index (χ4v) is 4.08. The molecule has 0 radical (unpaired) electrons. The van der Waals surface area contributed by atoms with Gasteiger partial charge in [-0.3, -0.25) is 4.72 Å². The SMILES string of the molecule is O=C([O-])C1=CCCCC1S(=O)(=O)Nc1ccc(F)cc1Cl. The lowest BCUT2D eigenvalue weighted by molar-refractivity contribution is -0.299. The van der Waals surface area contributed by atoms with Crippen molar-refractivity contribution in [1.29, 1.82) is 0 Å². The van der Waals surface area contributed by atoms with Gasteiger partial charge in [-0.1, -0.05) is 17.7 Å². The first-order valence-electron chi connectivity index (χ1n) is 6.19. The summed E-state index contributed by atoms with van der Waals surface area (Å²) in [6.07, 6.45) is 2.58. The zero-order valence-electron chi connectivity index (χ0n) is 10.8. The van der Waals surface area contributed by atoms with Gasteiger partial charge in [0.1, 0.15) is 11.1 Å². The Balaban J connectivity index is 2.31. The minimum Gasteiger partial charge on any atom is -0.545 e. The van der Waals surface area contributed by atoms with Gasteiger partial charge in [-0.05, 0) is 43.0 Å². The molecule has 0 aliphatic heterocycles. The fraction of sp³-hybridized carbons (Fsp3) is 0.308. The van der Waals surface area contributed by atoms with E-state index in [4.69, 9.17) is 11.6 Å². The van der Waals surface area contributed by atoms with Crippen LogP contribution in [0.3, 0.4) is 0 Å². The van der Waals surface area contributed by atoms with Gasteiger partial charge >= 0.3 is 0 Å². The Morgan fingerprint density at radius 1 is 1.43 bits per heavy atom. The average molecular weight is 333 g/mol. The van der Waals surface area contributed by atoms with Crippen molar-refractivity contribution >= 4 is 33.3 Å². The molecule has 0 bridgehead atoms. The number of allylic oxidation sites excluding steroid dienone is 1. The molecule has 1 aromatic rings. The van der Waals surface area contributed by atoms with Crippen molar-refractivity contribution in [3.63, 3.8) is 0 Å². The third-order valence-corrected chi connectivity index (χ3v) is 5.23. The van der Waals surface area contributed by atoms with Crippen molar-refractivity contribution in [1.82, 2.24) is 0 Å². The maximum atomic E-state index is 12.9. The second kappa shape index (κ2) is 6.03. The number of carbonyl (C=O) groups excluding carboxylic acids is 1. The van der Waals surface area contributed by atoms with Crippen LogP contribution < -0.4 is 9.83 Å².